The topological polar surface area (TPSA) is 58.2 Å². The van der Waals surface area contributed by atoms with Crippen LogP contribution in [0.15, 0.2) is 20.1 Å². The van der Waals surface area contributed by atoms with Crippen molar-refractivity contribution in [2.24, 2.45) is 5.92 Å². The van der Waals surface area contributed by atoms with Gasteiger partial charge in [-0.05, 0) is 59.9 Å². The van der Waals surface area contributed by atoms with Crippen molar-refractivity contribution in [3.8, 4) is 0 Å². The molecule has 0 saturated carbocycles. The van der Waals surface area contributed by atoms with Gasteiger partial charge in [-0.2, -0.15) is 0 Å². The van der Waals surface area contributed by atoms with E-state index in [0.717, 1.165) is 29.7 Å². The van der Waals surface area contributed by atoms with Gasteiger partial charge in [0.2, 0.25) is 10.0 Å². The van der Waals surface area contributed by atoms with Gasteiger partial charge < -0.3 is 5.32 Å². The highest BCUT2D eigenvalue weighted by Gasteiger charge is 2.19. The Kier molecular flexibility index (Phi) is 6.57. The Morgan fingerprint density at radius 2 is 2.28 bits per heavy atom. The Balaban J connectivity index is 0.00000162. The molecular weight excluding hydrogens is 360 g/mol. The van der Waals surface area contributed by atoms with E-state index in [1.165, 1.54) is 11.3 Å². The fourth-order valence-electron chi connectivity index (χ4n) is 1.84. The molecule has 4 nitrogen and oxygen atoms in total. The Labute approximate surface area is 126 Å². The van der Waals surface area contributed by atoms with E-state index in [1.54, 1.807) is 12.1 Å². The molecule has 1 fully saturated rings. The van der Waals surface area contributed by atoms with Gasteiger partial charge in [-0.3, -0.25) is 0 Å². The summed E-state index contributed by atoms with van der Waals surface area (Å²) in [4.78, 5) is 0. The summed E-state index contributed by atoms with van der Waals surface area (Å²) in [6.45, 7) is 2.46. The second kappa shape index (κ2) is 7.21. The van der Waals surface area contributed by atoms with Crippen molar-refractivity contribution in [1.29, 1.82) is 0 Å². The SMILES string of the molecule is Cl.O=S(=O)(NC[C@@H]1CCCNC1)c1ccc(Br)s1. The molecule has 0 amide bonds. The van der Waals surface area contributed by atoms with E-state index in [1.807, 2.05) is 0 Å². The maximum absolute atomic E-state index is 11.9. The molecule has 1 atom stereocenters. The minimum Gasteiger partial charge on any atom is -0.316 e. The van der Waals surface area contributed by atoms with Crippen LogP contribution in [0, 0.1) is 5.92 Å². The third-order valence-corrected chi connectivity index (χ3v) is 6.31. The predicted octanol–water partition coefficient (Wildman–Crippen LogP) is 2.21. The second-order valence-electron chi connectivity index (χ2n) is 4.12. The average Bonchev–Trinajstić information content (AvgIpc) is 2.76. The zero-order chi connectivity index (χ0) is 12.3. The highest BCUT2D eigenvalue weighted by molar-refractivity contribution is 9.11. The molecule has 18 heavy (non-hydrogen) atoms. The molecule has 104 valence electrons. The first kappa shape index (κ1) is 16.4. The van der Waals surface area contributed by atoms with Crippen molar-refractivity contribution in [2.75, 3.05) is 19.6 Å². The largest absolute Gasteiger partial charge is 0.316 e. The van der Waals surface area contributed by atoms with E-state index in [2.05, 4.69) is 26.0 Å². The molecule has 1 aliphatic rings. The smallest absolute Gasteiger partial charge is 0.250 e. The van der Waals surface area contributed by atoms with Crippen LogP contribution < -0.4 is 10.0 Å². The van der Waals surface area contributed by atoms with Crippen molar-refractivity contribution in [3.05, 3.63) is 15.9 Å². The predicted molar refractivity (Wildman–Crippen MR) is 80.0 cm³/mol. The van der Waals surface area contributed by atoms with E-state index in [0.29, 0.717) is 16.7 Å². The Morgan fingerprint density at radius 1 is 1.50 bits per heavy atom. The molecular formula is C10H16BrClN2O2S2. The van der Waals surface area contributed by atoms with Crippen LogP contribution in [0.5, 0.6) is 0 Å². The lowest BCUT2D eigenvalue weighted by molar-refractivity contribution is 0.376. The minimum absolute atomic E-state index is 0. The van der Waals surface area contributed by atoms with Crippen LogP contribution in [0.2, 0.25) is 0 Å². The standard InChI is InChI=1S/C10H15BrN2O2S2.ClH/c11-9-3-4-10(16-9)17(14,15)13-7-8-2-1-5-12-6-8;/h3-4,8,12-13H,1-2,5-7H2;1H/t8-;/m1./s1. The average molecular weight is 376 g/mol. The monoisotopic (exact) mass is 374 g/mol. The minimum atomic E-state index is -3.33. The molecule has 8 heteroatoms. The third kappa shape index (κ3) is 4.47. The van der Waals surface area contributed by atoms with Gasteiger partial charge in [0.05, 0.1) is 3.79 Å². The molecule has 0 aliphatic carbocycles. The van der Waals surface area contributed by atoms with Crippen molar-refractivity contribution in [1.82, 2.24) is 10.0 Å². The van der Waals surface area contributed by atoms with Crippen LogP contribution in [-0.4, -0.2) is 28.1 Å². The van der Waals surface area contributed by atoms with Crippen molar-refractivity contribution >= 4 is 49.7 Å². The molecule has 0 spiro atoms. The zero-order valence-corrected chi connectivity index (χ0v) is 13.7. The van der Waals surface area contributed by atoms with Crippen molar-refractivity contribution < 1.29 is 8.42 Å². The lowest BCUT2D eigenvalue weighted by Crippen LogP contribution is -2.37. The van der Waals surface area contributed by atoms with Gasteiger partial charge >= 0.3 is 0 Å². The second-order valence-corrected chi connectivity index (χ2v) is 8.58. The molecule has 1 saturated heterocycles. The van der Waals surface area contributed by atoms with Crippen LogP contribution in [0.1, 0.15) is 12.8 Å². The number of hydrogen-bond acceptors (Lipinski definition) is 4. The summed E-state index contributed by atoms with van der Waals surface area (Å²) >= 11 is 4.50. The van der Waals surface area contributed by atoms with Gasteiger partial charge in [-0.15, -0.1) is 23.7 Å². The maximum atomic E-state index is 11.9. The summed E-state index contributed by atoms with van der Waals surface area (Å²) in [5, 5.41) is 3.28. The zero-order valence-electron chi connectivity index (χ0n) is 9.69. The van der Waals surface area contributed by atoms with Crippen LogP contribution >= 0.6 is 39.7 Å². The first-order valence-corrected chi connectivity index (χ1v) is 8.63. The summed E-state index contributed by atoms with van der Waals surface area (Å²) < 4.78 is 27.8. The number of halogens is 2. The van der Waals surface area contributed by atoms with Crippen LogP contribution in [0.4, 0.5) is 0 Å². The quantitative estimate of drug-likeness (QED) is 0.848. The number of rotatable bonds is 4. The van der Waals surface area contributed by atoms with Gasteiger partial charge in [-0.25, -0.2) is 13.1 Å². The molecule has 0 bridgehead atoms. The molecule has 1 aromatic rings. The molecule has 0 aromatic carbocycles. The molecule has 1 aliphatic heterocycles. The molecule has 0 radical (unpaired) electrons. The highest BCUT2D eigenvalue weighted by atomic mass is 79.9. The molecule has 1 aromatic heterocycles. The summed E-state index contributed by atoms with van der Waals surface area (Å²) in [6.07, 6.45) is 2.21. The van der Waals surface area contributed by atoms with Gasteiger partial charge in [0, 0.05) is 6.54 Å². The number of sulfonamides is 1. The third-order valence-electron chi connectivity index (χ3n) is 2.77. The van der Waals surface area contributed by atoms with E-state index in [-0.39, 0.29) is 12.4 Å². The van der Waals surface area contributed by atoms with E-state index in [9.17, 15) is 8.42 Å². The fourth-order valence-corrected chi connectivity index (χ4v) is 5.01. The lowest BCUT2D eigenvalue weighted by atomic mass is 10.0. The summed E-state index contributed by atoms with van der Waals surface area (Å²) in [5.74, 6) is 0.405. The first-order chi connectivity index (χ1) is 8.08. The van der Waals surface area contributed by atoms with E-state index < -0.39 is 10.0 Å². The number of nitrogens with one attached hydrogen (secondary N) is 2. The number of thiophene rings is 1. The number of hydrogen-bond donors (Lipinski definition) is 2. The van der Waals surface area contributed by atoms with Crippen molar-refractivity contribution in [2.45, 2.75) is 17.1 Å². The van der Waals surface area contributed by atoms with Gasteiger partial charge in [-0.1, -0.05) is 0 Å². The van der Waals surface area contributed by atoms with Crippen LogP contribution in [-0.2, 0) is 10.0 Å². The molecule has 2 heterocycles. The number of piperidine rings is 1. The van der Waals surface area contributed by atoms with Gasteiger partial charge in [0.25, 0.3) is 0 Å². The van der Waals surface area contributed by atoms with E-state index >= 15 is 0 Å². The first-order valence-electron chi connectivity index (χ1n) is 5.53. The Morgan fingerprint density at radius 3 is 2.83 bits per heavy atom. The fraction of sp³-hybridized carbons (Fsp3) is 0.600. The molecule has 0 unspecified atom stereocenters. The van der Waals surface area contributed by atoms with Crippen LogP contribution in [0.3, 0.4) is 0 Å². The molecule has 2 rings (SSSR count). The normalized spacial score (nSPS) is 20.4. The van der Waals surface area contributed by atoms with Gasteiger partial charge in [0.15, 0.2) is 0 Å². The Bertz CT molecular complexity index is 472. The van der Waals surface area contributed by atoms with Crippen molar-refractivity contribution in [3.63, 3.8) is 0 Å². The maximum Gasteiger partial charge on any atom is 0.250 e. The summed E-state index contributed by atoms with van der Waals surface area (Å²) in [6, 6.07) is 3.37. The summed E-state index contributed by atoms with van der Waals surface area (Å²) in [7, 11) is -3.33. The molecule has 2 N–H and O–H groups in total. The van der Waals surface area contributed by atoms with Crippen LogP contribution in [0.25, 0.3) is 0 Å². The highest BCUT2D eigenvalue weighted by Crippen LogP contribution is 2.25. The Hall–Kier alpha value is 0.340. The van der Waals surface area contributed by atoms with Gasteiger partial charge in [0.1, 0.15) is 4.21 Å². The lowest BCUT2D eigenvalue weighted by Gasteiger charge is -2.22. The summed E-state index contributed by atoms with van der Waals surface area (Å²) in [5.41, 5.74) is 0. The van der Waals surface area contributed by atoms with E-state index in [4.69, 9.17) is 0 Å².